The molecule has 0 aromatic carbocycles. The lowest BCUT2D eigenvalue weighted by Crippen LogP contribution is -2.37. The maximum atomic E-state index is 12.9. The molecule has 1 aliphatic heterocycles. The van der Waals surface area contributed by atoms with E-state index in [0.29, 0.717) is 0 Å². The Morgan fingerprint density at radius 3 is 1.21 bits per heavy atom. The molecule has 1 rings (SSSR count). The summed E-state index contributed by atoms with van der Waals surface area (Å²) in [7, 11) is -15.0. The largest absolute Gasteiger partial charge is 0.413 e. The van der Waals surface area contributed by atoms with Crippen molar-refractivity contribution < 1.29 is 107 Å². The van der Waals surface area contributed by atoms with Gasteiger partial charge < -0.3 is 18.1 Å². The van der Waals surface area contributed by atoms with E-state index >= 15 is 0 Å². The van der Waals surface area contributed by atoms with E-state index in [0.717, 1.165) is 0 Å². The van der Waals surface area contributed by atoms with Crippen LogP contribution in [0, 0.1) is 0 Å². The second-order valence-electron chi connectivity index (χ2n) is 6.92. The average molecular weight is 729 g/mol. The van der Waals surface area contributed by atoms with Gasteiger partial charge in [-0.1, -0.05) is 4.60 Å². The zero-order valence-corrected chi connectivity index (χ0v) is 21.9. The predicted octanol–water partition coefficient (Wildman–Crippen LogP) is 8.31. The maximum absolute atomic E-state index is 12.9. The molecule has 0 fully saturated rings. The third-order valence-electron chi connectivity index (χ3n) is 3.01. The van der Waals surface area contributed by atoms with Gasteiger partial charge in [0, 0.05) is 0 Å². The normalized spacial score (nSPS) is 22.0. The summed E-state index contributed by atoms with van der Waals surface area (Å²) in [4.78, 5) is 7.97. The van der Waals surface area contributed by atoms with E-state index in [-0.39, 0.29) is 0 Å². The Morgan fingerprint density at radius 1 is 0.476 bits per heavy atom. The van der Waals surface area contributed by atoms with Crippen LogP contribution in [0.25, 0.3) is 0 Å². The van der Waals surface area contributed by atoms with Crippen molar-refractivity contribution >= 4 is 24.6 Å². The summed E-state index contributed by atoms with van der Waals surface area (Å²) >= 11 is 0. The quantitative estimate of drug-likeness (QED) is 0.147. The van der Waals surface area contributed by atoms with E-state index in [9.17, 15) is 79.0 Å². The van der Waals surface area contributed by atoms with Crippen LogP contribution in [0.1, 0.15) is 0 Å². The van der Waals surface area contributed by atoms with Crippen LogP contribution in [0.15, 0.2) is 4.52 Å². The fraction of sp³-hybridized carbons (Fsp3) is 1.00. The third kappa shape index (κ3) is 16.0. The van der Waals surface area contributed by atoms with Crippen LogP contribution in [0.4, 0.5) is 79.0 Å². The Kier molecular flexibility index (Phi) is 13.5. The first-order valence-corrected chi connectivity index (χ1v) is 13.4. The lowest BCUT2D eigenvalue weighted by Gasteiger charge is -2.45. The summed E-state index contributed by atoms with van der Waals surface area (Å²) in [5.41, 5.74) is 0. The van der Waals surface area contributed by atoms with Gasteiger partial charge in [0.2, 0.25) is 0 Å². The SMILES string of the molecule is FC(F)(F)CON1P(OCC(F)(F)F)N=P(OCC(F)(F)F)(OCC(F)(F)F)N(OCC(F)(F)F)P1OCC(F)(F)F. The van der Waals surface area contributed by atoms with E-state index in [2.05, 4.69) is 32.3 Å². The van der Waals surface area contributed by atoms with E-state index in [1.165, 1.54) is 0 Å². The van der Waals surface area contributed by atoms with E-state index in [1.54, 1.807) is 0 Å². The molecular weight excluding hydrogens is 717 g/mol. The summed E-state index contributed by atoms with van der Waals surface area (Å²) in [6, 6.07) is 0. The average Bonchev–Trinajstić information content (AvgIpc) is 2.73. The van der Waals surface area contributed by atoms with E-state index in [4.69, 9.17) is 0 Å². The zero-order chi connectivity index (χ0) is 33.0. The second-order valence-corrected chi connectivity index (χ2v) is 12.7. The number of hydrogen-bond donors (Lipinski definition) is 0. The van der Waals surface area contributed by atoms with Gasteiger partial charge in [-0.05, 0) is 4.60 Å². The summed E-state index contributed by atoms with van der Waals surface area (Å²) in [6.45, 7) is -16.6. The molecule has 0 aromatic heterocycles. The highest BCUT2D eigenvalue weighted by Crippen LogP contribution is 2.80. The van der Waals surface area contributed by atoms with Gasteiger partial charge in [0.25, 0.3) is 16.9 Å². The zero-order valence-electron chi connectivity index (χ0n) is 19.2. The first kappa shape index (κ1) is 39.5. The van der Waals surface area contributed by atoms with Gasteiger partial charge in [-0.3, -0.25) is 9.68 Å². The number of hydrogen-bond acceptors (Lipinski definition) is 9. The summed E-state index contributed by atoms with van der Waals surface area (Å²) < 4.78 is 249. The van der Waals surface area contributed by atoms with Gasteiger partial charge in [0.05, 0.1) is 0 Å². The molecule has 30 heteroatoms. The summed E-state index contributed by atoms with van der Waals surface area (Å²) in [5.74, 6) is 0. The minimum Gasteiger partial charge on any atom is -0.318 e. The molecule has 0 bridgehead atoms. The highest BCUT2D eigenvalue weighted by Gasteiger charge is 2.57. The minimum atomic E-state index is -6.19. The van der Waals surface area contributed by atoms with Crippen LogP contribution in [0.5, 0.6) is 0 Å². The highest BCUT2D eigenvalue weighted by molar-refractivity contribution is 7.78. The lowest BCUT2D eigenvalue weighted by molar-refractivity contribution is -0.226. The molecule has 42 heavy (non-hydrogen) atoms. The molecule has 2 atom stereocenters. The molecule has 0 aromatic rings. The highest BCUT2D eigenvalue weighted by atomic mass is 31.3. The molecule has 9 nitrogen and oxygen atoms in total. The summed E-state index contributed by atoms with van der Waals surface area (Å²) in [6.07, 6.45) is -33.5. The topological polar surface area (TPSA) is 74.2 Å². The van der Waals surface area contributed by atoms with E-state index < -0.39 is 110 Å². The molecular formula is C12H12F18N3O6P3. The molecule has 0 spiro atoms. The Hall–Kier alpha value is -0.490. The first-order valence-electron chi connectivity index (χ1n) is 9.55. The first-order chi connectivity index (χ1) is 18.5. The van der Waals surface area contributed by atoms with Crippen molar-refractivity contribution in [1.29, 1.82) is 0 Å². The number of alkyl halides is 18. The van der Waals surface area contributed by atoms with Crippen molar-refractivity contribution in [2.75, 3.05) is 39.6 Å². The standard InChI is InChI=1S/C12H12F18N3O6P3/c13-7(14,15)1-34-32-40(36-3-9(19,20)21)31-42(38-5-11(25,26)27,39-6-12(28,29)30)33(35-2-8(16,17)18)41(32)37-4-10(22,23)24/h1-6H2. The van der Waals surface area contributed by atoms with Crippen LogP contribution in [-0.2, 0) is 27.8 Å². The molecule has 0 radical (unpaired) electrons. The van der Waals surface area contributed by atoms with Gasteiger partial charge in [-0.2, -0.15) is 83.5 Å². The van der Waals surface area contributed by atoms with Crippen molar-refractivity contribution in [1.82, 2.24) is 9.21 Å². The predicted molar refractivity (Wildman–Crippen MR) is 98.9 cm³/mol. The molecule has 0 N–H and O–H groups in total. The van der Waals surface area contributed by atoms with Crippen molar-refractivity contribution in [3.8, 4) is 0 Å². The van der Waals surface area contributed by atoms with Gasteiger partial charge in [0.1, 0.15) is 6.61 Å². The van der Waals surface area contributed by atoms with Gasteiger partial charge >= 0.3 is 44.7 Å². The fourth-order valence-electron chi connectivity index (χ4n) is 1.81. The number of nitrogens with zero attached hydrogens (tertiary/aromatic N) is 3. The fourth-order valence-corrected chi connectivity index (χ4v) is 9.62. The van der Waals surface area contributed by atoms with Crippen LogP contribution in [-0.4, -0.2) is 85.9 Å². The van der Waals surface area contributed by atoms with Crippen LogP contribution >= 0.6 is 24.6 Å². The molecule has 0 aliphatic carbocycles. The molecule has 252 valence electrons. The van der Waals surface area contributed by atoms with Crippen LogP contribution < -0.4 is 0 Å². The monoisotopic (exact) mass is 729 g/mol. The number of halogens is 18. The van der Waals surface area contributed by atoms with Crippen LogP contribution in [0.2, 0.25) is 0 Å². The lowest BCUT2D eigenvalue weighted by atomic mass is 10.7. The van der Waals surface area contributed by atoms with Crippen molar-refractivity contribution in [3.63, 3.8) is 0 Å². The molecule has 0 amide bonds. The molecule has 1 heterocycles. The van der Waals surface area contributed by atoms with Crippen molar-refractivity contribution in [2.45, 2.75) is 37.1 Å². The van der Waals surface area contributed by atoms with Gasteiger partial charge in [-0.15, -0.1) is 0 Å². The van der Waals surface area contributed by atoms with Gasteiger partial charge in [-0.25, -0.2) is 0 Å². The molecule has 2 unspecified atom stereocenters. The molecule has 0 saturated heterocycles. The Morgan fingerprint density at radius 2 is 0.833 bits per heavy atom. The molecule has 0 saturated carbocycles. The summed E-state index contributed by atoms with van der Waals surface area (Å²) in [5, 5.41) is 0. The Labute approximate surface area is 222 Å². The maximum Gasteiger partial charge on any atom is 0.413 e. The molecule has 1 aliphatic rings. The van der Waals surface area contributed by atoms with Crippen molar-refractivity contribution in [2.24, 2.45) is 4.52 Å². The second kappa shape index (κ2) is 14.3. The Balaban J connectivity index is 3.97. The van der Waals surface area contributed by atoms with Crippen molar-refractivity contribution in [3.05, 3.63) is 0 Å². The van der Waals surface area contributed by atoms with Gasteiger partial charge in [0.15, 0.2) is 33.0 Å². The smallest absolute Gasteiger partial charge is 0.318 e. The third-order valence-corrected chi connectivity index (χ3v) is 10.0. The Bertz CT molecular complexity index is 885. The van der Waals surface area contributed by atoms with Crippen LogP contribution in [0.3, 0.4) is 0 Å². The minimum absolute atomic E-state index is 0.821. The van der Waals surface area contributed by atoms with E-state index in [1.807, 2.05) is 0 Å². The number of rotatable bonds is 12.